The van der Waals surface area contributed by atoms with Gasteiger partial charge in [-0.1, -0.05) is 6.08 Å². The SMILES string of the molecule is O=C1C=CC[C@@H]2[C@@H]3CCC[N@+]4([O-])CCC[C@H](CN12)[C@@H]34. The van der Waals surface area contributed by atoms with E-state index in [1.165, 1.54) is 0 Å². The zero-order valence-electron chi connectivity index (χ0n) is 11.3. The van der Waals surface area contributed by atoms with Crippen molar-refractivity contribution in [2.24, 2.45) is 11.8 Å². The second-order valence-electron chi connectivity index (χ2n) is 6.79. The first-order valence-electron chi connectivity index (χ1n) is 7.74. The largest absolute Gasteiger partial charge is 0.633 e. The topological polar surface area (TPSA) is 43.4 Å². The van der Waals surface area contributed by atoms with Crippen molar-refractivity contribution in [1.29, 1.82) is 0 Å². The van der Waals surface area contributed by atoms with Crippen molar-refractivity contribution in [2.75, 3.05) is 19.6 Å². The van der Waals surface area contributed by atoms with Crippen LogP contribution in [0.1, 0.15) is 32.1 Å². The zero-order chi connectivity index (χ0) is 13.0. The molecule has 3 fully saturated rings. The van der Waals surface area contributed by atoms with E-state index in [1.54, 1.807) is 6.08 Å². The molecule has 4 nitrogen and oxygen atoms in total. The van der Waals surface area contributed by atoms with Crippen LogP contribution in [0.2, 0.25) is 0 Å². The molecule has 0 unspecified atom stereocenters. The van der Waals surface area contributed by atoms with Crippen molar-refractivity contribution in [3.63, 3.8) is 0 Å². The molecular weight excluding hydrogens is 240 g/mol. The molecule has 0 bridgehead atoms. The molecule has 4 rings (SSSR count). The summed E-state index contributed by atoms with van der Waals surface area (Å²) in [5.74, 6) is 1.07. The number of quaternary nitrogens is 1. The van der Waals surface area contributed by atoms with Crippen LogP contribution in [0.3, 0.4) is 0 Å². The van der Waals surface area contributed by atoms with Crippen molar-refractivity contribution < 1.29 is 9.44 Å². The third-order valence-corrected chi connectivity index (χ3v) is 5.90. The number of fused-ring (bicyclic) bond motifs is 2. The van der Waals surface area contributed by atoms with E-state index in [1.807, 2.05) is 6.08 Å². The van der Waals surface area contributed by atoms with E-state index in [4.69, 9.17) is 0 Å². The molecule has 104 valence electrons. The summed E-state index contributed by atoms with van der Waals surface area (Å²) >= 11 is 0. The Bertz CT molecular complexity index is 432. The summed E-state index contributed by atoms with van der Waals surface area (Å²) in [5.41, 5.74) is 0. The molecule has 1 amide bonds. The Labute approximate surface area is 114 Å². The fourth-order valence-electron chi connectivity index (χ4n) is 5.25. The summed E-state index contributed by atoms with van der Waals surface area (Å²) in [6.07, 6.45) is 9.07. The second-order valence-corrected chi connectivity index (χ2v) is 6.79. The average Bonchev–Trinajstić information content (AvgIpc) is 2.40. The summed E-state index contributed by atoms with van der Waals surface area (Å²) in [7, 11) is 0. The van der Waals surface area contributed by atoms with Crippen LogP contribution < -0.4 is 0 Å². The number of piperidine rings is 3. The molecule has 4 heteroatoms. The van der Waals surface area contributed by atoms with Gasteiger partial charge < -0.3 is 14.8 Å². The van der Waals surface area contributed by atoms with Crippen LogP contribution in [0.4, 0.5) is 0 Å². The minimum Gasteiger partial charge on any atom is -0.633 e. The van der Waals surface area contributed by atoms with Crippen molar-refractivity contribution in [1.82, 2.24) is 4.90 Å². The van der Waals surface area contributed by atoms with Gasteiger partial charge in [-0.15, -0.1) is 0 Å². The highest BCUT2D eigenvalue weighted by Crippen LogP contribution is 2.47. The van der Waals surface area contributed by atoms with E-state index in [-0.39, 0.29) is 16.6 Å². The van der Waals surface area contributed by atoms with Gasteiger partial charge >= 0.3 is 0 Å². The third kappa shape index (κ3) is 1.62. The first-order valence-corrected chi connectivity index (χ1v) is 7.74. The summed E-state index contributed by atoms with van der Waals surface area (Å²) in [5, 5.41) is 13.1. The molecule has 0 saturated carbocycles. The number of carbonyl (C=O) groups is 1. The average molecular weight is 262 g/mol. The molecule has 3 saturated heterocycles. The highest BCUT2D eigenvalue weighted by molar-refractivity contribution is 5.88. The van der Waals surface area contributed by atoms with Gasteiger partial charge in [0.15, 0.2) is 0 Å². The standard InChI is InChI=1S/C15H22N2O2/c18-14-7-1-6-13-12-5-3-9-17(19)8-2-4-11(15(12)17)10-16(13)14/h1,7,11-13,15H,2-6,8-10H2/t11-,12+,13-,15+,17-/m1/s1. The van der Waals surface area contributed by atoms with Crippen LogP contribution in [-0.2, 0) is 4.79 Å². The number of hydrogen-bond acceptors (Lipinski definition) is 2. The molecule has 0 N–H and O–H groups in total. The Kier molecular flexibility index (Phi) is 2.55. The summed E-state index contributed by atoms with van der Waals surface area (Å²) < 4.78 is 0.0532. The predicted molar refractivity (Wildman–Crippen MR) is 71.9 cm³/mol. The number of hydroxylamine groups is 3. The fraction of sp³-hybridized carbons (Fsp3) is 0.800. The molecule has 0 radical (unpaired) electrons. The van der Waals surface area contributed by atoms with E-state index in [0.29, 0.717) is 17.9 Å². The maximum atomic E-state index is 13.1. The molecule has 0 spiro atoms. The van der Waals surface area contributed by atoms with Gasteiger partial charge in [0.2, 0.25) is 5.91 Å². The van der Waals surface area contributed by atoms with Gasteiger partial charge in [-0.3, -0.25) is 4.79 Å². The van der Waals surface area contributed by atoms with E-state index >= 15 is 0 Å². The molecule has 4 aliphatic rings. The van der Waals surface area contributed by atoms with E-state index in [2.05, 4.69) is 4.90 Å². The van der Waals surface area contributed by atoms with E-state index in [0.717, 1.165) is 51.7 Å². The Morgan fingerprint density at radius 2 is 2.05 bits per heavy atom. The molecular formula is C15H22N2O2. The predicted octanol–water partition coefficient (Wildman–Crippen LogP) is 1.66. The summed E-state index contributed by atoms with van der Waals surface area (Å²) in [4.78, 5) is 14.2. The van der Waals surface area contributed by atoms with Crippen LogP contribution in [-0.4, -0.2) is 47.2 Å². The quantitative estimate of drug-likeness (QED) is 0.492. The highest BCUT2D eigenvalue weighted by atomic mass is 16.5. The summed E-state index contributed by atoms with van der Waals surface area (Å²) in [6, 6.07) is 0.589. The van der Waals surface area contributed by atoms with Crippen molar-refractivity contribution in [2.45, 2.75) is 44.2 Å². The first kappa shape index (κ1) is 11.9. The minimum atomic E-state index is 0.0532. The minimum absolute atomic E-state index is 0.0532. The van der Waals surface area contributed by atoms with Crippen molar-refractivity contribution in [3.8, 4) is 0 Å². The van der Waals surface area contributed by atoms with E-state index in [9.17, 15) is 10.0 Å². The number of nitrogens with zero attached hydrogens (tertiary/aromatic N) is 2. The molecule has 0 aromatic carbocycles. The van der Waals surface area contributed by atoms with Crippen LogP contribution in [0.25, 0.3) is 0 Å². The molecule has 0 aromatic rings. The maximum absolute atomic E-state index is 13.1. The van der Waals surface area contributed by atoms with Gasteiger partial charge in [0.25, 0.3) is 0 Å². The van der Waals surface area contributed by atoms with E-state index < -0.39 is 0 Å². The normalized spacial score (nSPS) is 48.7. The lowest BCUT2D eigenvalue weighted by atomic mass is 9.68. The molecule has 0 aromatic heterocycles. The Hall–Kier alpha value is -0.870. The number of hydrogen-bond donors (Lipinski definition) is 0. The van der Waals surface area contributed by atoms with Gasteiger partial charge in [-0.2, -0.15) is 0 Å². The Morgan fingerprint density at radius 3 is 2.89 bits per heavy atom. The molecule has 0 aliphatic carbocycles. The smallest absolute Gasteiger partial charge is 0.246 e. The van der Waals surface area contributed by atoms with Crippen molar-refractivity contribution in [3.05, 3.63) is 17.4 Å². The molecule has 4 aliphatic heterocycles. The maximum Gasteiger partial charge on any atom is 0.246 e. The first-order chi connectivity index (χ1) is 9.19. The van der Waals surface area contributed by atoms with Crippen LogP contribution in [0.15, 0.2) is 12.2 Å². The Morgan fingerprint density at radius 1 is 1.26 bits per heavy atom. The molecule has 19 heavy (non-hydrogen) atoms. The van der Waals surface area contributed by atoms with Gasteiger partial charge in [0, 0.05) is 24.4 Å². The fourth-order valence-corrected chi connectivity index (χ4v) is 5.25. The lowest BCUT2D eigenvalue weighted by Crippen LogP contribution is -2.71. The van der Waals surface area contributed by atoms with Crippen molar-refractivity contribution >= 4 is 5.91 Å². The summed E-state index contributed by atoms with van der Waals surface area (Å²) in [6.45, 7) is 2.46. The van der Waals surface area contributed by atoms with Crippen LogP contribution in [0, 0.1) is 17.0 Å². The highest BCUT2D eigenvalue weighted by Gasteiger charge is 2.54. The van der Waals surface area contributed by atoms with Crippen LogP contribution in [0.5, 0.6) is 0 Å². The molecule has 4 heterocycles. The van der Waals surface area contributed by atoms with Gasteiger partial charge in [-0.05, 0) is 38.2 Å². The van der Waals surface area contributed by atoms with Crippen LogP contribution >= 0.6 is 0 Å². The number of rotatable bonds is 0. The van der Waals surface area contributed by atoms with Gasteiger partial charge in [0.1, 0.15) is 0 Å². The number of amides is 1. The monoisotopic (exact) mass is 262 g/mol. The van der Waals surface area contributed by atoms with Gasteiger partial charge in [0.05, 0.1) is 19.1 Å². The van der Waals surface area contributed by atoms with Gasteiger partial charge in [-0.25, -0.2) is 0 Å². The molecule has 5 atom stereocenters. The zero-order valence-corrected chi connectivity index (χ0v) is 11.3. The third-order valence-electron chi connectivity index (χ3n) is 5.90. The number of carbonyl (C=O) groups excluding carboxylic acids is 1. The second kappa shape index (κ2) is 4.06. The Balaban J connectivity index is 1.72. The lowest BCUT2D eigenvalue weighted by Gasteiger charge is -2.64. The lowest BCUT2D eigenvalue weighted by molar-refractivity contribution is -0.925.